The maximum atomic E-state index is 11.8. The van der Waals surface area contributed by atoms with Gasteiger partial charge in [0.25, 0.3) is 0 Å². The van der Waals surface area contributed by atoms with Crippen LogP contribution in [0.2, 0.25) is 0 Å². The van der Waals surface area contributed by atoms with Crippen LogP contribution in [0.1, 0.15) is 33.6 Å². The predicted molar refractivity (Wildman–Crippen MR) is 80.3 cm³/mol. The van der Waals surface area contributed by atoms with Gasteiger partial charge in [0.05, 0.1) is 13.7 Å². The number of nitrogens with one attached hydrogen (secondary N) is 1. The smallest absolute Gasteiger partial charge is 0.224 e. The van der Waals surface area contributed by atoms with E-state index < -0.39 is 0 Å². The minimum absolute atomic E-state index is 0.0591. The summed E-state index contributed by atoms with van der Waals surface area (Å²) in [4.78, 5) is 11.8. The zero-order chi connectivity index (χ0) is 15.2. The fraction of sp³-hybridized carbons (Fsp3) is 0.533. The van der Waals surface area contributed by atoms with Crippen molar-refractivity contribution in [3.8, 4) is 11.5 Å². The van der Waals surface area contributed by atoms with Gasteiger partial charge in [-0.1, -0.05) is 0 Å². The molecule has 1 aromatic rings. The van der Waals surface area contributed by atoms with Gasteiger partial charge in [-0.25, -0.2) is 0 Å². The fourth-order valence-corrected chi connectivity index (χ4v) is 1.68. The second kappa shape index (κ2) is 7.14. The van der Waals surface area contributed by atoms with E-state index in [9.17, 15) is 4.79 Å². The molecule has 0 aromatic heterocycles. The molecular weight excluding hydrogens is 256 g/mol. The first-order chi connectivity index (χ1) is 9.35. The molecule has 0 aliphatic heterocycles. The van der Waals surface area contributed by atoms with Gasteiger partial charge in [0.1, 0.15) is 0 Å². The van der Waals surface area contributed by atoms with E-state index >= 15 is 0 Å². The van der Waals surface area contributed by atoms with Gasteiger partial charge in [-0.15, -0.1) is 0 Å². The summed E-state index contributed by atoms with van der Waals surface area (Å²) in [6.07, 6.45) is 1.02. The van der Waals surface area contributed by atoms with Crippen LogP contribution < -0.4 is 20.5 Å². The molecule has 1 amide bonds. The number of benzene rings is 1. The van der Waals surface area contributed by atoms with Crippen molar-refractivity contribution in [2.24, 2.45) is 5.73 Å². The van der Waals surface area contributed by atoms with Gasteiger partial charge in [0.15, 0.2) is 11.5 Å². The van der Waals surface area contributed by atoms with E-state index in [-0.39, 0.29) is 11.4 Å². The van der Waals surface area contributed by atoms with Crippen molar-refractivity contribution < 1.29 is 14.3 Å². The summed E-state index contributed by atoms with van der Waals surface area (Å²) in [5.41, 5.74) is 6.21. The van der Waals surface area contributed by atoms with Crippen LogP contribution in [-0.4, -0.2) is 25.2 Å². The molecular formula is C15H24N2O3. The van der Waals surface area contributed by atoms with E-state index in [1.807, 2.05) is 20.8 Å². The highest BCUT2D eigenvalue weighted by molar-refractivity contribution is 5.91. The van der Waals surface area contributed by atoms with Gasteiger partial charge in [0.2, 0.25) is 5.91 Å². The first kappa shape index (κ1) is 16.3. The molecule has 0 atom stereocenters. The molecule has 0 fully saturated rings. The zero-order valence-corrected chi connectivity index (χ0v) is 12.7. The third-order valence-corrected chi connectivity index (χ3v) is 2.74. The van der Waals surface area contributed by atoms with Crippen LogP contribution >= 0.6 is 0 Å². The van der Waals surface area contributed by atoms with Crippen molar-refractivity contribution in [3.05, 3.63) is 18.2 Å². The lowest BCUT2D eigenvalue weighted by Gasteiger charge is -2.17. The van der Waals surface area contributed by atoms with Crippen LogP contribution in [0, 0.1) is 0 Å². The normalized spacial score (nSPS) is 11.1. The number of rotatable bonds is 7. The Labute approximate surface area is 120 Å². The number of carbonyl (C=O) groups is 1. The Morgan fingerprint density at radius 1 is 1.35 bits per heavy atom. The highest BCUT2D eigenvalue weighted by Gasteiger charge is 2.14. The molecule has 0 saturated heterocycles. The van der Waals surface area contributed by atoms with E-state index in [0.717, 1.165) is 0 Å². The van der Waals surface area contributed by atoms with Gasteiger partial charge in [-0.3, -0.25) is 4.79 Å². The largest absolute Gasteiger partial charge is 0.493 e. The molecule has 0 unspecified atom stereocenters. The van der Waals surface area contributed by atoms with Crippen LogP contribution in [-0.2, 0) is 4.79 Å². The van der Waals surface area contributed by atoms with Gasteiger partial charge < -0.3 is 20.5 Å². The molecule has 0 spiro atoms. The fourth-order valence-electron chi connectivity index (χ4n) is 1.68. The molecule has 1 aromatic carbocycles. The first-order valence-electron chi connectivity index (χ1n) is 6.75. The Balaban J connectivity index is 2.68. The minimum Gasteiger partial charge on any atom is -0.493 e. The third-order valence-electron chi connectivity index (χ3n) is 2.74. The van der Waals surface area contributed by atoms with E-state index in [1.54, 1.807) is 25.3 Å². The topological polar surface area (TPSA) is 73.6 Å². The number of hydrogen-bond donors (Lipinski definition) is 2. The van der Waals surface area contributed by atoms with Gasteiger partial charge in [0, 0.05) is 23.7 Å². The molecule has 5 nitrogen and oxygen atoms in total. The van der Waals surface area contributed by atoms with Crippen LogP contribution in [0.3, 0.4) is 0 Å². The Kier molecular flexibility index (Phi) is 5.82. The summed E-state index contributed by atoms with van der Waals surface area (Å²) in [6.45, 7) is 6.24. The predicted octanol–water partition coefficient (Wildman–Crippen LogP) is 2.55. The van der Waals surface area contributed by atoms with Crippen molar-refractivity contribution in [1.29, 1.82) is 0 Å². The number of ether oxygens (including phenoxy) is 2. The van der Waals surface area contributed by atoms with Crippen molar-refractivity contribution in [1.82, 2.24) is 0 Å². The van der Waals surface area contributed by atoms with Crippen molar-refractivity contribution >= 4 is 11.6 Å². The number of carbonyl (C=O) groups excluding carboxylic acids is 1. The second-order valence-corrected chi connectivity index (χ2v) is 5.34. The summed E-state index contributed by atoms with van der Waals surface area (Å²) < 4.78 is 10.7. The molecule has 0 bridgehead atoms. The second-order valence-electron chi connectivity index (χ2n) is 5.34. The molecule has 3 N–H and O–H groups in total. The van der Waals surface area contributed by atoms with Crippen LogP contribution in [0.4, 0.5) is 5.69 Å². The van der Waals surface area contributed by atoms with Gasteiger partial charge >= 0.3 is 0 Å². The molecule has 5 heteroatoms. The molecule has 0 aliphatic rings. The summed E-state index contributed by atoms with van der Waals surface area (Å²) in [5.74, 6) is 1.20. The summed E-state index contributed by atoms with van der Waals surface area (Å²) >= 11 is 0. The molecule has 0 saturated carbocycles. The summed E-state index contributed by atoms with van der Waals surface area (Å²) in [6, 6.07) is 5.31. The summed E-state index contributed by atoms with van der Waals surface area (Å²) in [7, 11) is 1.58. The van der Waals surface area contributed by atoms with E-state index in [0.29, 0.717) is 36.6 Å². The van der Waals surface area contributed by atoms with E-state index in [1.165, 1.54) is 0 Å². The molecule has 112 valence electrons. The standard InChI is InChI=1S/C15H24N2O3/c1-5-20-13-10-11(6-7-12(13)19-4)17-14(18)8-9-15(2,3)16/h6-7,10H,5,8-9,16H2,1-4H3,(H,17,18). The highest BCUT2D eigenvalue weighted by Crippen LogP contribution is 2.30. The molecule has 1 rings (SSSR count). The van der Waals surface area contributed by atoms with Gasteiger partial charge in [-0.05, 0) is 39.3 Å². The Hall–Kier alpha value is -1.75. The van der Waals surface area contributed by atoms with Crippen molar-refractivity contribution in [3.63, 3.8) is 0 Å². The zero-order valence-electron chi connectivity index (χ0n) is 12.7. The van der Waals surface area contributed by atoms with Crippen molar-refractivity contribution in [2.45, 2.75) is 39.2 Å². The van der Waals surface area contributed by atoms with Gasteiger partial charge in [-0.2, -0.15) is 0 Å². The van der Waals surface area contributed by atoms with Crippen LogP contribution in [0.5, 0.6) is 11.5 Å². The average molecular weight is 280 g/mol. The monoisotopic (exact) mass is 280 g/mol. The number of amides is 1. The molecule has 20 heavy (non-hydrogen) atoms. The lowest BCUT2D eigenvalue weighted by Crippen LogP contribution is -2.33. The Morgan fingerprint density at radius 2 is 2.05 bits per heavy atom. The number of hydrogen-bond acceptors (Lipinski definition) is 4. The van der Waals surface area contributed by atoms with Crippen molar-refractivity contribution in [2.75, 3.05) is 19.0 Å². The third kappa shape index (κ3) is 5.48. The first-order valence-corrected chi connectivity index (χ1v) is 6.75. The molecule has 0 heterocycles. The number of methoxy groups -OCH3 is 1. The lowest BCUT2D eigenvalue weighted by molar-refractivity contribution is -0.116. The number of nitrogens with two attached hydrogens (primary N) is 1. The lowest BCUT2D eigenvalue weighted by atomic mass is 10.00. The minimum atomic E-state index is -0.340. The SMILES string of the molecule is CCOc1cc(NC(=O)CCC(C)(C)N)ccc1OC. The van der Waals surface area contributed by atoms with E-state index in [4.69, 9.17) is 15.2 Å². The maximum Gasteiger partial charge on any atom is 0.224 e. The number of anilines is 1. The molecule has 0 radical (unpaired) electrons. The maximum absolute atomic E-state index is 11.8. The Morgan fingerprint density at radius 3 is 2.60 bits per heavy atom. The van der Waals surface area contributed by atoms with E-state index in [2.05, 4.69) is 5.32 Å². The molecule has 0 aliphatic carbocycles. The Bertz CT molecular complexity index is 453. The quantitative estimate of drug-likeness (QED) is 0.805. The average Bonchev–Trinajstić information content (AvgIpc) is 2.36. The van der Waals surface area contributed by atoms with Crippen LogP contribution in [0.25, 0.3) is 0 Å². The summed E-state index contributed by atoms with van der Waals surface area (Å²) in [5, 5.41) is 2.83. The van der Waals surface area contributed by atoms with Crippen LogP contribution in [0.15, 0.2) is 18.2 Å². The highest BCUT2D eigenvalue weighted by atomic mass is 16.5.